The highest BCUT2D eigenvalue weighted by Gasteiger charge is 2.18. The van der Waals surface area contributed by atoms with Crippen LogP contribution in [0.1, 0.15) is 25.0 Å². The summed E-state index contributed by atoms with van der Waals surface area (Å²) >= 11 is 0. The van der Waals surface area contributed by atoms with Crippen molar-refractivity contribution in [3.8, 4) is 11.3 Å². The van der Waals surface area contributed by atoms with Gasteiger partial charge >= 0.3 is 0 Å². The maximum Gasteiger partial charge on any atom is 0.0855 e. The lowest BCUT2D eigenvalue weighted by atomic mass is 10.0. The average molecular weight is 316 g/mol. The van der Waals surface area contributed by atoms with Crippen LogP contribution >= 0.6 is 0 Å². The molecule has 0 aliphatic rings. The molecule has 1 unspecified atom stereocenters. The first-order valence-corrected chi connectivity index (χ1v) is 8.31. The van der Waals surface area contributed by atoms with E-state index < -0.39 is 0 Å². The molecule has 4 rings (SSSR count). The molecule has 120 valence electrons. The van der Waals surface area contributed by atoms with Gasteiger partial charge < -0.3 is 4.74 Å². The smallest absolute Gasteiger partial charge is 0.0855 e. The van der Waals surface area contributed by atoms with E-state index in [-0.39, 0.29) is 6.10 Å². The molecule has 2 aromatic carbocycles. The normalized spacial score (nSPS) is 12.8. The summed E-state index contributed by atoms with van der Waals surface area (Å²) in [4.78, 5) is 0. The van der Waals surface area contributed by atoms with Crippen LogP contribution < -0.4 is 0 Å². The van der Waals surface area contributed by atoms with Crippen molar-refractivity contribution in [3.05, 3.63) is 72.4 Å². The highest BCUT2D eigenvalue weighted by Crippen LogP contribution is 2.34. The fourth-order valence-electron chi connectivity index (χ4n) is 3.42. The molecule has 0 bridgehead atoms. The Morgan fingerprint density at radius 1 is 1.04 bits per heavy atom. The first-order valence-electron chi connectivity index (χ1n) is 8.31. The van der Waals surface area contributed by atoms with Crippen LogP contribution in [0.25, 0.3) is 27.5 Å². The fourth-order valence-corrected chi connectivity index (χ4v) is 3.42. The third-order valence-electron chi connectivity index (χ3n) is 4.61. The summed E-state index contributed by atoms with van der Waals surface area (Å²) in [7, 11) is 1.76. The zero-order chi connectivity index (χ0) is 16.5. The maximum absolute atomic E-state index is 5.69. The van der Waals surface area contributed by atoms with Gasteiger partial charge in [0.05, 0.1) is 23.5 Å². The van der Waals surface area contributed by atoms with E-state index in [9.17, 15) is 0 Å². The summed E-state index contributed by atoms with van der Waals surface area (Å²) < 4.78 is 7.74. The van der Waals surface area contributed by atoms with Crippen LogP contribution in [0.5, 0.6) is 0 Å². The number of fused-ring (bicyclic) bond motifs is 3. The lowest BCUT2D eigenvalue weighted by Crippen LogP contribution is -2.01. The number of hydrogen-bond acceptors (Lipinski definition) is 2. The predicted octanol–water partition coefficient (Wildman–Crippen LogP) is 5.25. The lowest BCUT2D eigenvalue weighted by Gasteiger charge is -2.14. The third kappa shape index (κ3) is 2.29. The van der Waals surface area contributed by atoms with Gasteiger partial charge in [0.2, 0.25) is 0 Å². The van der Waals surface area contributed by atoms with Crippen molar-refractivity contribution in [2.45, 2.75) is 19.4 Å². The Bertz CT molecular complexity index is 985. The summed E-state index contributed by atoms with van der Waals surface area (Å²) in [5.41, 5.74) is 4.55. The van der Waals surface area contributed by atoms with Crippen LogP contribution in [-0.2, 0) is 4.74 Å². The minimum absolute atomic E-state index is 0.0527. The van der Waals surface area contributed by atoms with Crippen molar-refractivity contribution >= 4 is 16.3 Å². The largest absolute Gasteiger partial charge is 0.377 e. The second-order valence-electron chi connectivity index (χ2n) is 5.98. The SMILES string of the molecule is CCC(OC)c1cnn2c(-c3ccccc3)cc3ccccc3c12. The molecule has 3 nitrogen and oxygen atoms in total. The summed E-state index contributed by atoms with van der Waals surface area (Å²) in [5, 5.41) is 7.13. The molecule has 0 amide bonds. The molecule has 0 saturated heterocycles. The Morgan fingerprint density at radius 3 is 2.54 bits per heavy atom. The molecule has 2 aromatic heterocycles. The standard InChI is InChI=1S/C21H20N2O/c1-3-20(24-2)18-14-22-23-19(15-9-5-4-6-10-15)13-16-11-7-8-12-17(16)21(18)23/h4-14,20H,3H2,1-2H3. The Labute approximate surface area is 141 Å². The van der Waals surface area contributed by atoms with Crippen molar-refractivity contribution in [3.63, 3.8) is 0 Å². The van der Waals surface area contributed by atoms with Crippen molar-refractivity contribution in [2.75, 3.05) is 7.11 Å². The quantitative estimate of drug-likeness (QED) is 0.514. The van der Waals surface area contributed by atoms with Crippen LogP contribution in [0.3, 0.4) is 0 Å². The van der Waals surface area contributed by atoms with Crippen LogP contribution in [-0.4, -0.2) is 16.7 Å². The minimum Gasteiger partial charge on any atom is -0.377 e. The molecule has 0 fully saturated rings. The molecule has 24 heavy (non-hydrogen) atoms. The number of aromatic nitrogens is 2. The lowest BCUT2D eigenvalue weighted by molar-refractivity contribution is 0.101. The van der Waals surface area contributed by atoms with Gasteiger partial charge in [0.25, 0.3) is 0 Å². The van der Waals surface area contributed by atoms with Crippen molar-refractivity contribution < 1.29 is 4.74 Å². The molecule has 4 aromatic rings. The van der Waals surface area contributed by atoms with Gasteiger partial charge in [-0.15, -0.1) is 0 Å². The van der Waals surface area contributed by atoms with Crippen LogP contribution in [0.4, 0.5) is 0 Å². The second-order valence-corrected chi connectivity index (χ2v) is 5.98. The van der Waals surface area contributed by atoms with Crippen LogP contribution in [0.15, 0.2) is 66.9 Å². The molecule has 0 spiro atoms. The zero-order valence-electron chi connectivity index (χ0n) is 13.9. The van der Waals surface area contributed by atoms with Gasteiger partial charge in [0.15, 0.2) is 0 Å². The Morgan fingerprint density at radius 2 is 1.79 bits per heavy atom. The summed E-state index contributed by atoms with van der Waals surface area (Å²) in [6, 6.07) is 21.1. The van der Waals surface area contributed by atoms with E-state index in [0.29, 0.717) is 0 Å². The van der Waals surface area contributed by atoms with Crippen LogP contribution in [0.2, 0.25) is 0 Å². The molecule has 1 atom stereocenters. The fraction of sp³-hybridized carbons (Fsp3) is 0.190. The van der Waals surface area contributed by atoms with Gasteiger partial charge in [-0.25, -0.2) is 4.52 Å². The van der Waals surface area contributed by atoms with E-state index in [2.05, 4.69) is 66.0 Å². The first kappa shape index (κ1) is 14.9. The van der Waals surface area contributed by atoms with Crippen molar-refractivity contribution in [1.29, 1.82) is 0 Å². The van der Waals surface area contributed by atoms with Crippen molar-refractivity contribution in [2.24, 2.45) is 0 Å². The monoisotopic (exact) mass is 316 g/mol. The molecular formula is C21H20N2O. The van der Waals surface area contributed by atoms with E-state index in [1.165, 1.54) is 10.8 Å². The Kier molecular flexibility index (Phi) is 3.79. The molecule has 0 aliphatic heterocycles. The number of ether oxygens (including phenoxy) is 1. The second kappa shape index (κ2) is 6.10. The number of pyridine rings is 1. The molecule has 2 heterocycles. The van der Waals surface area contributed by atoms with E-state index in [1.807, 2.05) is 12.3 Å². The molecule has 0 N–H and O–H groups in total. The number of nitrogens with zero attached hydrogens (tertiary/aromatic N) is 2. The number of benzene rings is 2. The summed E-state index contributed by atoms with van der Waals surface area (Å²) in [5.74, 6) is 0. The van der Waals surface area contributed by atoms with E-state index in [1.54, 1.807) is 7.11 Å². The molecule has 0 saturated carbocycles. The Hall–Kier alpha value is -2.65. The topological polar surface area (TPSA) is 26.5 Å². The summed E-state index contributed by atoms with van der Waals surface area (Å²) in [6.45, 7) is 2.14. The first-order chi connectivity index (χ1) is 11.8. The molecule has 0 radical (unpaired) electrons. The Balaban J connectivity index is 2.11. The van der Waals surface area contributed by atoms with E-state index in [0.717, 1.165) is 28.8 Å². The number of hydrogen-bond donors (Lipinski definition) is 0. The van der Waals surface area contributed by atoms with Gasteiger partial charge in [0, 0.05) is 23.6 Å². The highest BCUT2D eigenvalue weighted by atomic mass is 16.5. The van der Waals surface area contributed by atoms with Gasteiger partial charge in [-0.3, -0.25) is 0 Å². The predicted molar refractivity (Wildman–Crippen MR) is 98.2 cm³/mol. The van der Waals surface area contributed by atoms with Gasteiger partial charge in [-0.1, -0.05) is 61.5 Å². The maximum atomic E-state index is 5.69. The van der Waals surface area contributed by atoms with Gasteiger partial charge in [0.1, 0.15) is 0 Å². The molecule has 0 aliphatic carbocycles. The van der Waals surface area contributed by atoms with Crippen LogP contribution in [0, 0.1) is 0 Å². The third-order valence-corrected chi connectivity index (χ3v) is 4.61. The van der Waals surface area contributed by atoms with Gasteiger partial charge in [-0.2, -0.15) is 5.10 Å². The number of methoxy groups -OCH3 is 1. The zero-order valence-corrected chi connectivity index (χ0v) is 13.9. The van der Waals surface area contributed by atoms with E-state index >= 15 is 0 Å². The van der Waals surface area contributed by atoms with Gasteiger partial charge in [-0.05, 0) is 17.9 Å². The molecule has 3 heteroatoms. The molecular weight excluding hydrogens is 296 g/mol. The highest BCUT2D eigenvalue weighted by molar-refractivity contribution is 5.99. The summed E-state index contributed by atoms with van der Waals surface area (Å²) in [6.07, 6.45) is 2.92. The minimum atomic E-state index is 0.0527. The number of rotatable bonds is 4. The van der Waals surface area contributed by atoms with Crippen molar-refractivity contribution in [1.82, 2.24) is 9.61 Å². The van der Waals surface area contributed by atoms with E-state index in [4.69, 9.17) is 9.84 Å². The average Bonchev–Trinajstić information content (AvgIpc) is 3.08.